The van der Waals surface area contributed by atoms with Crippen LogP contribution in [0.4, 0.5) is 5.69 Å². The molecule has 144 valence electrons. The average molecular weight is 370 g/mol. The highest BCUT2D eigenvalue weighted by Crippen LogP contribution is 2.24. The van der Waals surface area contributed by atoms with Crippen molar-refractivity contribution in [2.45, 2.75) is 39.4 Å². The molecule has 1 saturated heterocycles. The normalized spacial score (nSPS) is 17.0. The van der Waals surface area contributed by atoms with E-state index in [9.17, 15) is 4.79 Å². The molecule has 0 unspecified atom stereocenters. The Balaban J connectivity index is 1.61. The molecular formula is C21H26N2O4. The van der Waals surface area contributed by atoms with Gasteiger partial charge < -0.3 is 19.5 Å². The van der Waals surface area contributed by atoms with Crippen molar-refractivity contribution >= 4 is 11.7 Å². The van der Waals surface area contributed by atoms with Gasteiger partial charge in [0.15, 0.2) is 0 Å². The third-order valence-electron chi connectivity index (χ3n) is 4.78. The van der Waals surface area contributed by atoms with Crippen molar-refractivity contribution in [2.75, 3.05) is 24.6 Å². The number of morpholine rings is 1. The van der Waals surface area contributed by atoms with Crippen molar-refractivity contribution in [3.05, 3.63) is 53.3 Å². The van der Waals surface area contributed by atoms with E-state index in [2.05, 4.69) is 41.9 Å². The highest BCUT2D eigenvalue weighted by Gasteiger charge is 2.22. The zero-order chi connectivity index (χ0) is 19.2. The van der Waals surface area contributed by atoms with Gasteiger partial charge in [0.1, 0.15) is 12.4 Å². The molecule has 1 fully saturated rings. The van der Waals surface area contributed by atoms with Gasteiger partial charge in [-0.1, -0.05) is 23.8 Å². The van der Waals surface area contributed by atoms with Crippen LogP contribution in [0.15, 0.2) is 36.7 Å². The van der Waals surface area contributed by atoms with E-state index >= 15 is 0 Å². The fourth-order valence-electron chi connectivity index (χ4n) is 3.24. The molecule has 1 aliphatic rings. The lowest BCUT2D eigenvalue weighted by Gasteiger charge is -2.34. The van der Waals surface area contributed by atoms with Crippen LogP contribution >= 0.6 is 0 Å². The maximum atomic E-state index is 10.8. The van der Waals surface area contributed by atoms with Crippen LogP contribution in [0, 0.1) is 13.8 Å². The van der Waals surface area contributed by atoms with Crippen LogP contribution in [-0.2, 0) is 16.1 Å². The number of ether oxygens (including phenoxy) is 2. The second-order valence-corrected chi connectivity index (χ2v) is 6.97. The van der Waals surface area contributed by atoms with Crippen molar-refractivity contribution in [1.29, 1.82) is 0 Å². The molecule has 1 aromatic heterocycles. The number of carboxylic acid groups (broad SMARTS) is 1. The number of hydrogen-bond donors (Lipinski definition) is 1. The van der Waals surface area contributed by atoms with Crippen LogP contribution in [0.3, 0.4) is 0 Å². The van der Waals surface area contributed by atoms with E-state index in [-0.39, 0.29) is 12.5 Å². The minimum Gasteiger partial charge on any atom is -0.487 e. The van der Waals surface area contributed by atoms with Gasteiger partial charge in [-0.2, -0.15) is 0 Å². The molecule has 0 spiro atoms. The van der Waals surface area contributed by atoms with E-state index in [1.165, 1.54) is 11.1 Å². The smallest absolute Gasteiger partial charge is 0.303 e. The summed E-state index contributed by atoms with van der Waals surface area (Å²) < 4.78 is 11.6. The van der Waals surface area contributed by atoms with Gasteiger partial charge in [-0.15, -0.1) is 0 Å². The third kappa shape index (κ3) is 5.44. The number of aromatic nitrogens is 1. The average Bonchev–Trinajstić information content (AvgIpc) is 2.66. The summed E-state index contributed by atoms with van der Waals surface area (Å²) in [6.07, 6.45) is 4.09. The first-order chi connectivity index (χ1) is 13.0. The zero-order valence-electron chi connectivity index (χ0n) is 15.9. The Bertz CT molecular complexity index is 794. The first-order valence-corrected chi connectivity index (χ1v) is 9.23. The Morgan fingerprint density at radius 3 is 2.96 bits per heavy atom. The predicted octanol–water partition coefficient (Wildman–Crippen LogP) is 3.35. The number of carboxylic acids is 1. The van der Waals surface area contributed by atoms with E-state index in [1.54, 1.807) is 6.20 Å². The Hall–Kier alpha value is -2.60. The van der Waals surface area contributed by atoms with Gasteiger partial charge in [-0.3, -0.25) is 9.78 Å². The molecule has 3 rings (SSSR count). The molecule has 0 bridgehead atoms. The minimum absolute atomic E-state index is 0.0744. The maximum Gasteiger partial charge on any atom is 0.303 e. The van der Waals surface area contributed by atoms with Crippen LogP contribution < -0.4 is 9.64 Å². The van der Waals surface area contributed by atoms with Crippen molar-refractivity contribution in [1.82, 2.24) is 4.98 Å². The number of aryl methyl sites for hydroxylation is 2. The fourth-order valence-corrected chi connectivity index (χ4v) is 3.24. The summed E-state index contributed by atoms with van der Waals surface area (Å²) in [6.45, 7) is 6.67. The van der Waals surface area contributed by atoms with E-state index in [0.717, 1.165) is 23.5 Å². The molecule has 2 heterocycles. The summed E-state index contributed by atoms with van der Waals surface area (Å²) >= 11 is 0. The van der Waals surface area contributed by atoms with Gasteiger partial charge in [0.2, 0.25) is 0 Å². The van der Waals surface area contributed by atoms with Gasteiger partial charge in [-0.25, -0.2) is 0 Å². The second kappa shape index (κ2) is 8.86. The van der Waals surface area contributed by atoms with E-state index < -0.39 is 5.97 Å². The van der Waals surface area contributed by atoms with Gasteiger partial charge >= 0.3 is 5.97 Å². The van der Waals surface area contributed by atoms with E-state index in [4.69, 9.17) is 14.6 Å². The molecule has 0 saturated carbocycles. The van der Waals surface area contributed by atoms with Crippen molar-refractivity contribution in [3.8, 4) is 5.75 Å². The number of anilines is 1. The Morgan fingerprint density at radius 2 is 2.19 bits per heavy atom. The minimum atomic E-state index is -0.792. The summed E-state index contributed by atoms with van der Waals surface area (Å²) in [4.78, 5) is 17.3. The molecule has 27 heavy (non-hydrogen) atoms. The molecule has 0 amide bonds. The Labute approximate surface area is 159 Å². The van der Waals surface area contributed by atoms with Crippen LogP contribution in [0.2, 0.25) is 0 Å². The molecule has 1 aliphatic heterocycles. The van der Waals surface area contributed by atoms with E-state index in [1.807, 2.05) is 12.3 Å². The lowest BCUT2D eigenvalue weighted by molar-refractivity contribution is -0.137. The summed E-state index contributed by atoms with van der Waals surface area (Å²) in [5.74, 6) is -0.0692. The Kier molecular flexibility index (Phi) is 6.29. The third-order valence-corrected chi connectivity index (χ3v) is 4.78. The standard InChI is InChI=1S/C21H26N2O4/c1-15-3-4-17(16(2)9-15)14-27-20-10-18(11-22-12-20)23-7-8-26-19(13-23)5-6-21(24)25/h3-4,9-12,19H,5-8,13-14H2,1-2H3,(H,24,25)/t19-/m0/s1. The van der Waals surface area contributed by atoms with Crippen molar-refractivity contribution < 1.29 is 19.4 Å². The number of pyridine rings is 1. The SMILES string of the molecule is Cc1ccc(COc2cncc(N3CCO[C@@H](CCC(=O)O)C3)c2)c(C)c1. The van der Waals surface area contributed by atoms with Crippen LogP contribution in [-0.4, -0.2) is 41.9 Å². The van der Waals surface area contributed by atoms with Gasteiger partial charge in [0.25, 0.3) is 0 Å². The van der Waals surface area contributed by atoms with Crippen LogP contribution in [0.25, 0.3) is 0 Å². The number of hydrogen-bond acceptors (Lipinski definition) is 5. The monoisotopic (exact) mass is 370 g/mol. The quantitative estimate of drug-likeness (QED) is 0.806. The second-order valence-electron chi connectivity index (χ2n) is 6.97. The van der Waals surface area contributed by atoms with Gasteiger partial charge in [-0.05, 0) is 31.4 Å². The summed E-state index contributed by atoms with van der Waals surface area (Å²) in [6, 6.07) is 8.32. The van der Waals surface area contributed by atoms with Crippen molar-refractivity contribution in [2.24, 2.45) is 0 Å². The lowest BCUT2D eigenvalue weighted by atomic mass is 10.1. The summed E-state index contributed by atoms with van der Waals surface area (Å²) in [5.41, 5.74) is 4.58. The molecule has 0 radical (unpaired) electrons. The molecule has 1 atom stereocenters. The first kappa shape index (κ1) is 19.2. The molecule has 1 N–H and O–H groups in total. The zero-order valence-corrected chi connectivity index (χ0v) is 15.9. The highest BCUT2D eigenvalue weighted by atomic mass is 16.5. The number of carbonyl (C=O) groups is 1. The molecule has 6 heteroatoms. The number of nitrogens with zero attached hydrogens (tertiary/aromatic N) is 2. The molecule has 6 nitrogen and oxygen atoms in total. The van der Waals surface area contributed by atoms with Crippen LogP contribution in [0.1, 0.15) is 29.5 Å². The first-order valence-electron chi connectivity index (χ1n) is 9.23. The van der Waals surface area contributed by atoms with E-state index in [0.29, 0.717) is 26.2 Å². The summed E-state index contributed by atoms with van der Waals surface area (Å²) in [5, 5.41) is 8.86. The van der Waals surface area contributed by atoms with Gasteiger partial charge in [0.05, 0.1) is 30.8 Å². The maximum absolute atomic E-state index is 10.8. The molecule has 2 aromatic rings. The largest absolute Gasteiger partial charge is 0.487 e. The topological polar surface area (TPSA) is 71.9 Å². The lowest BCUT2D eigenvalue weighted by Crippen LogP contribution is -2.42. The molecule has 0 aliphatic carbocycles. The highest BCUT2D eigenvalue weighted by molar-refractivity contribution is 5.66. The van der Waals surface area contributed by atoms with Crippen molar-refractivity contribution in [3.63, 3.8) is 0 Å². The van der Waals surface area contributed by atoms with Gasteiger partial charge in [0, 0.05) is 25.6 Å². The van der Waals surface area contributed by atoms with Crippen LogP contribution in [0.5, 0.6) is 5.75 Å². The fraction of sp³-hybridized carbons (Fsp3) is 0.429. The predicted molar refractivity (Wildman–Crippen MR) is 103 cm³/mol. The number of rotatable bonds is 7. The molecular weight excluding hydrogens is 344 g/mol. The number of benzene rings is 1. The summed E-state index contributed by atoms with van der Waals surface area (Å²) in [7, 11) is 0. The number of aliphatic carboxylic acids is 1. The Morgan fingerprint density at radius 1 is 1.33 bits per heavy atom. The molecule has 1 aromatic carbocycles.